The Balaban J connectivity index is 1.95. The SMILES string of the molecule is COC(=O)c1sc(C#CC(C)(C)C)cc1NC1(C(=O)[C@H]2CC[C@H](C)CC2)CCC(=O)CC1. The van der Waals surface area contributed by atoms with E-state index in [1.165, 1.54) is 18.4 Å². The van der Waals surface area contributed by atoms with Crippen LogP contribution in [0.25, 0.3) is 0 Å². The minimum absolute atomic E-state index is 0.00673. The summed E-state index contributed by atoms with van der Waals surface area (Å²) in [6, 6.07) is 1.85. The van der Waals surface area contributed by atoms with Gasteiger partial charge in [-0.2, -0.15) is 0 Å². The lowest BCUT2D eigenvalue weighted by Gasteiger charge is -2.40. The zero-order valence-corrected chi connectivity index (χ0v) is 20.7. The van der Waals surface area contributed by atoms with Crippen molar-refractivity contribution in [3.63, 3.8) is 0 Å². The number of Topliss-reactive ketones (excluding diaryl/α,β-unsaturated/α-hetero) is 2. The van der Waals surface area contributed by atoms with E-state index < -0.39 is 11.5 Å². The molecule has 32 heavy (non-hydrogen) atoms. The van der Waals surface area contributed by atoms with Gasteiger partial charge >= 0.3 is 5.97 Å². The molecule has 6 heteroatoms. The number of methoxy groups -OCH3 is 1. The molecule has 1 aromatic rings. The Labute approximate surface area is 195 Å². The van der Waals surface area contributed by atoms with Gasteiger partial charge in [0.15, 0.2) is 5.78 Å². The first-order valence-corrected chi connectivity index (χ1v) is 12.4. The Hall–Kier alpha value is -2.13. The molecular weight excluding hydrogens is 422 g/mol. The van der Waals surface area contributed by atoms with Crippen molar-refractivity contribution in [1.29, 1.82) is 0 Å². The predicted molar refractivity (Wildman–Crippen MR) is 128 cm³/mol. The summed E-state index contributed by atoms with van der Waals surface area (Å²) in [4.78, 5) is 39.5. The molecule has 0 bridgehead atoms. The maximum absolute atomic E-state index is 13.8. The first kappa shape index (κ1) is 24.5. The number of anilines is 1. The number of ketones is 2. The van der Waals surface area contributed by atoms with E-state index in [0.717, 1.165) is 30.6 Å². The van der Waals surface area contributed by atoms with E-state index in [0.29, 0.717) is 42.2 Å². The highest BCUT2D eigenvalue weighted by Crippen LogP contribution is 2.40. The predicted octanol–water partition coefficient (Wildman–Crippen LogP) is 5.62. The van der Waals surface area contributed by atoms with Crippen LogP contribution in [0.2, 0.25) is 0 Å². The lowest BCUT2D eigenvalue weighted by Crippen LogP contribution is -2.52. The Morgan fingerprint density at radius 3 is 2.34 bits per heavy atom. The third-order valence-electron chi connectivity index (χ3n) is 6.56. The quantitative estimate of drug-likeness (QED) is 0.459. The van der Waals surface area contributed by atoms with Crippen LogP contribution in [-0.2, 0) is 14.3 Å². The van der Waals surface area contributed by atoms with Crippen molar-refractivity contribution in [3.05, 3.63) is 15.8 Å². The van der Waals surface area contributed by atoms with E-state index in [9.17, 15) is 14.4 Å². The number of rotatable bonds is 5. The minimum atomic E-state index is -0.822. The van der Waals surface area contributed by atoms with Crippen molar-refractivity contribution in [1.82, 2.24) is 0 Å². The summed E-state index contributed by atoms with van der Waals surface area (Å²) >= 11 is 1.28. The number of hydrogen-bond donors (Lipinski definition) is 1. The van der Waals surface area contributed by atoms with Crippen LogP contribution in [0.15, 0.2) is 6.07 Å². The number of ether oxygens (including phenoxy) is 1. The van der Waals surface area contributed by atoms with E-state index >= 15 is 0 Å². The van der Waals surface area contributed by atoms with Crippen LogP contribution in [0.5, 0.6) is 0 Å². The second kappa shape index (κ2) is 9.79. The van der Waals surface area contributed by atoms with Gasteiger partial charge in [-0.15, -0.1) is 11.3 Å². The Kier molecular flexibility index (Phi) is 7.50. The molecule has 174 valence electrons. The van der Waals surface area contributed by atoms with Crippen LogP contribution in [0.3, 0.4) is 0 Å². The van der Waals surface area contributed by atoms with Crippen molar-refractivity contribution in [2.45, 2.75) is 84.6 Å². The summed E-state index contributed by atoms with van der Waals surface area (Å²) in [5.74, 6) is 6.97. The average Bonchev–Trinajstić information content (AvgIpc) is 3.15. The molecule has 0 atom stereocenters. The summed E-state index contributed by atoms with van der Waals surface area (Å²) in [5, 5.41) is 3.46. The first-order valence-electron chi connectivity index (χ1n) is 11.6. The fourth-order valence-electron chi connectivity index (χ4n) is 4.60. The standard InChI is InChI=1S/C26H35NO4S/c1-17-6-8-18(9-7-17)23(29)26(14-10-19(28)11-15-26)27-21-16-20(12-13-25(2,3)4)32-22(21)24(30)31-5/h16-18,27H,6-11,14-15H2,1-5H3/t17-,18-. The van der Waals surface area contributed by atoms with Gasteiger partial charge in [0, 0.05) is 24.2 Å². The van der Waals surface area contributed by atoms with Crippen LogP contribution in [0.4, 0.5) is 5.69 Å². The highest BCUT2D eigenvalue weighted by atomic mass is 32.1. The van der Waals surface area contributed by atoms with Gasteiger partial charge in [-0.1, -0.05) is 31.6 Å². The van der Waals surface area contributed by atoms with E-state index in [-0.39, 0.29) is 22.9 Å². The number of esters is 1. The van der Waals surface area contributed by atoms with Crippen LogP contribution in [-0.4, -0.2) is 30.2 Å². The van der Waals surface area contributed by atoms with Gasteiger partial charge in [0.25, 0.3) is 0 Å². The fourth-order valence-corrected chi connectivity index (χ4v) is 5.48. The zero-order valence-electron chi connectivity index (χ0n) is 19.9. The lowest BCUT2D eigenvalue weighted by molar-refractivity contribution is -0.131. The lowest BCUT2D eigenvalue weighted by atomic mass is 9.70. The van der Waals surface area contributed by atoms with Gasteiger partial charge in [0.2, 0.25) is 0 Å². The van der Waals surface area contributed by atoms with E-state index in [4.69, 9.17) is 4.74 Å². The molecule has 2 aliphatic rings. The number of carbonyl (C=O) groups is 3. The van der Waals surface area contributed by atoms with Crippen molar-refractivity contribution in [2.75, 3.05) is 12.4 Å². The largest absolute Gasteiger partial charge is 0.465 e. The third kappa shape index (κ3) is 5.81. The Bertz CT molecular complexity index is 925. The second-order valence-electron chi connectivity index (χ2n) is 10.4. The average molecular weight is 458 g/mol. The van der Waals surface area contributed by atoms with E-state index in [1.807, 2.05) is 26.8 Å². The molecule has 2 aliphatic carbocycles. The first-order chi connectivity index (χ1) is 15.0. The maximum Gasteiger partial charge on any atom is 0.350 e. The van der Waals surface area contributed by atoms with Gasteiger partial charge in [-0.3, -0.25) is 9.59 Å². The van der Waals surface area contributed by atoms with Gasteiger partial charge in [-0.05, 0) is 58.4 Å². The van der Waals surface area contributed by atoms with Crippen molar-refractivity contribution in [3.8, 4) is 11.8 Å². The van der Waals surface area contributed by atoms with Crippen molar-refractivity contribution in [2.24, 2.45) is 17.3 Å². The number of carbonyl (C=O) groups excluding carboxylic acids is 3. The van der Waals surface area contributed by atoms with Gasteiger partial charge < -0.3 is 10.1 Å². The minimum Gasteiger partial charge on any atom is -0.465 e. The molecule has 2 saturated carbocycles. The summed E-state index contributed by atoms with van der Waals surface area (Å²) in [5.41, 5.74) is -0.397. The van der Waals surface area contributed by atoms with Gasteiger partial charge in [0.05, 0.1) is 23.2 Å². The number of thiophene rings is 1. The number of hydrogen-bond acceptors (Lipinski definition) is 6. The van der Waals surface area contributed by atoms with Gasteiger partial charge in [0.1, 0.15) is 10.7 Å². The van der Waals surface area contributed by atoms with E-state index in [2.05, 4.69) is 24.1 Å². The molecule has 0 radical (unpaired) electrons. The normalized spacial score (nSPS) is 23.1. The molecule has 1 heterocycles. The zero-order chi connectivity index (χ0) is 23.5. The third-order valence-corrected chi connectivity index (χ3v) is 7.59. The van der Waals surface area contributed by atoms with Crippen molar-refractivity contribution >= 4 is 34.6 Å². The molecule has 0 aromatic carbocycles. The summed E-state index contributed by atoms with van der Waals surface area (Å²) in [6.45, 7) is 8.34. The Morgan fingerprint density at radius 1 is 1.16 bits per heavy atom. The topological polar surface area (TPSA) is 72.5 Å². The van der Waals surface area contributed by atoms with Crippen LogP contribution < -0.4 is 5.32 Å². The van der Waals surface area contributed by atoms with Gasteiger partial charge in [-0.25, -0.2) is 4.79 Å². The molecule has 3 rings (SSSR count). The molecule has 0 unspecified atom stereocenters. The van der Waals surface area contributed by atoms with Crippen LogP contribution >= 0.6 is 11.3 Å². The summed E-state index contributed by atoms with van der Waals surface area (Å²) < 4.78 is 5.01. The molecule has 0 saturated heterocycles. The van der Waals surface area contributed by atoms with E-state index in [1.54, 1.807) is 0 Å². The van der Waals surface area contributed by atoms with Crippen LogP contribution in [0.1, 0.15) is 93.6 Å². The van der Waals surface area contributed by atoms with Crippen LogP contribution in [0, 0.1) is 29.1 Å². The Morgan fingerprint density at radius 2 is 1.78 bits per heavy atom. The summed E-state index contributed by atoms with van der Waals surface area (Å²) in [6.07, 6.45) is 5.62. The summed E-state index contributed by atoms with van der Waals surface area (Å²) in [7, 11) is 1.36. The second-order valence-corrected chi connectivity index (χ2v) is 11.5. The molecule has 0 spiro atoms. The molecule has 0 aliphatic heterocycles. The molecule has 5 nitrogen and oxygen atoms in total. The maximum atomic E-state index is 13.8. The number of nitrogens with one attached hydrogen (secondary N) is 1. The monoisotopic (exact) mass is 457 g/mol. The molecule has 1 aromatic heterocycles. The molecular formula is C26H35NO4S. The molecule has 1 N–H and O–H groups in total. The fraction of sp³-hybridized carbons (Fsp3) is 0.654. The smallest absolute Gasteiger partial charge is 0.350 e. The highest BCUT2D eigenvalue weighted by Gasteiger charge is 2.45. The molecule has 2 fully saturated rings. The highest BCUT2D eigenvalue weighted by molar-refractivity contribution is 7.15. The van der Waals surface area contributed by atoms with Crippen molar-refractivity contribution < 1.29 is 19.1 Å². The molecule has 0 amide bonds.